The molecule has 0 atom stereocenters. The van der Waals surface area contributed by atoms with Crippen LogP contribution in [0.4, 0.5) is 0 Å². The van der Waals surface area contributed by atoms with Gasteiger partial charge in [0.25, 0.3) is 5.91 Å². The van der Waals surface area contributed by atoms with E-state index in [2.05, 4.69) is 15.5 Å². The van der Waals surface area contributed by atoms with E-state index in [1.807, 2.05) is 24.3 Å². The quantitative estimate of drug-likeness (QED) is 0.839. The van der Waals surface area contributed by atoms with Gasteiger partial charge in [-0.15, -0.1) is 0 Å². The molecule has 1 aliphatic carbocycles. The zero-order chi connectivity index (χ0) is 16.1. The molecule has 2 amide bonds. The molecule has 1 aromatic rings. The molecule has 1 saturated heterocycles. The molecule has 0 radical (unpaired) electrons. The zero-order valence-corrected chi connectivity index (χ0v) is 13.5. The van der Waals surface area contributed by atoms with Crippen LogP contribution in [0, 0.1) is 0 Å². The third kappa shape index (κ3) is 5.06. The van der Waals surface area contributed by atoms with E-state index in [1.165, 1.54) is 37.9 Å². The molecule has 1 heterocycles. The van der Waals surface area contributed by atoms with E-state index in [1.54, 1.807) is 0 Å². The summed E-state index contributed by atoms with van der Waals surface area (Å²) in [5.74, 6) is -0.303. The van der Waals surface area contributed by atoms with Crippen molar-refractivity contribution in [1.29, 1.82) is 0 Å². The highest BCUT2D eigenvalue weighted by Gasteiger charge is 2.23. The van der Waals surface area contributed by atoms with E-state index in [0.29, 0.717) is 11.6 Å². The molecule has 2 aliphatic rings. The maximum atomic E-state index is 12.1. The average Bonchev–Trinajstić information content (AvgIpc) is 3.38. The van der Waals surface area contributed by atoms with E-state index in [4.69, 9.17) is 0 Å². The Hall–Kier alpha value is -1.88. The summed E-state index contributed by atoms with van der Waals surface area (Å²) in [5.41, 5.74) is 1.83. The third-order valence-corrected chi connectivity index (χ3v) is 4.42. The summed E-state index contributed by atoms with van der Waals surface area (Å²) in [5, 5.41) is 5.53. The number of carbonyl (C=O) groups excluding carboxylic acids is 2. The summed E-state index contributed by atoms with van der Waals surface area (Å²) < 4.78 is 0. The fourth-order valence-corrected chi connectivity index (χ4v) is 2.91. The van der Waals surface area contributed by atoms with Crippen molar-refractivity contribution < 1.29 is 9.59 Å². The van der Waals surface area contributed by atoms with Crippen molar-refractivity contribution in [3.05, 3.63) is 35.4 Å². The second-order valence-electron chi connectivity index (χ2n) is 6.56. The van der Waals surface area contributed by atoms with Crippen LogP contribution in [0.15, 0.2) is 24.3 Å². The Bertz CT molecular complexity index is 546. The summed E-state index contributed by atoms with van der Waals surface area (Å²) >= 11 is 0. The highest BCUT2D eigenvalue weighted by Crippen LogP contribution is 2.18. The molecule has 0 aromatic heterocycles. The van der Waals surface area contributed by atoms with Crippen molar-refractivity contribution in [2.75, 3.05) is 19.6 Å². The first-order valence-corrected chi connectivity index (χ1v) is 8.59. The molecule has 5 heteroatoms. The van der Waals surface area contributed by atoms with Gasteiger partial charge in [0.15, 0.2) is 0 Å². The van der Waals surface area contributed by atoms with Crippen molar-refractivity contribution in [3.8, 4) is 0 Å². The fraction of sp³-hybridized carbons (Fsp3) is 0.556. The minimum absolute atomic E-state index is 0.0465. The number of carbonyl (C=O) groups is 2. The van der Waals surface area contributed by atoms with Gasteiger partial charge in [0.1, 0.15) is 0 Å². The van der Waals surface area contributed by atoms with Crippen LogP contribution in [0.25, 0.3) is 0 Å². The van der Waals surface area contributed by atoms with E-state index < -0.39 is 0 Å². The van der Waals surface area contributed by atoms with Crippen LogP contribution in [-0.2, 0) is 11.3 Å². The first-order chi connectivity index (χ1) is 11.2. The van der Waals surface area contributed by atoms with Gasteiger partial charge >= 0.3 is 0 Å². The number of benzene rings is 1. The van der Waals surface area contributed by atoms with Crippen molar-refractivity contribution in [1.82, 2.24) is 15.5 Å². The van der Waals surface area contributed by atoms with Crippen molar-refractivity contribution in [3.63, 3.8) is 0 Å². The lowest BCUT2D eigenvalue weighted by Crippen LogP contribution is -2.37. The highest BCUT2D eigenvalue weighted by atomic mass is 16.2. The van der Waals surface area contributed by atoms with Crippen LogP contribution in [-0.4, -0.2) is 42.4 Å². The van der Waals surface area contributed by atoms with Gasteiger partial charge in [0.05, 0.1) is 6.54 Å². The van der Waals surface area contributed by atoms with Gasteiger partial charge in [0.2, 0.25) is 5.91 Å². The van der Waals surface area contributed by atoms with Gasteiger partial charge in [-0.2, -0.15) is 0 Å². The summed E-state index contributed by atoms with van der Waals surface area (Å²) in [6, 6.07) is 8.02. The number of nitrogens with zero attached hydrogens (tertiary/aromatic N) is 1. The molecule has 1 aliphatic heterocycles. The van der Waals surface area contributed by atoms with E-state index >= 15 is 0 Å². The van der Waals surface area contributed by atoms with Gasteiger partial charge in [0, 0.05) is 18.2 Å². The Balaban J connectivity index is 1.45. The van der Waals surface area contributed by atoms with E-state index in [9.17, 15) is 9.59 Å². The molecule has 0 spiro atoms. The Morgan fingerprint density at radius 1 is 1.04 bits per heavy atom. The van der Waals surface area contributed by atoms with Crippen molar-refractivity contribution in [2.45, 2.75) is 44.7 Å². The zero-order valence-electron chi connectivity index (χ0n) is 13.5. The Kier molecular flexibility index (Phi) is 5.28. The lowest BCUT2D eigenvalue weighted by Gasteiger charge is -2.26. The minimum atomic E-state index is -0.194. The summed E-state index contributed by atoms with van der Waals surface area (Å²) in [4.78, 5) is 26.1. The molecule has 0 bridgehead atoms. The van der Waals surface area contributed by atoms with Crippen LogP contribution in [0.1, 0.15) is 48.0 Å². The third-order valence-electron chi connectivity index (χ3n) is 4.42. The van der Waals surface area contributed by atoms with Gasteiger partial charge < -0.3 is 10.6 Å². The molecule has 0 unspecified atom stereocenters. The first-order valence-electron chi connectivity index (χ1n) is 8.59. The molecule has 2 fully saturated rings. The standard InChI is InChI=1S/C18H25N3O2/c22-17(20-16-8-9-16)12-19-18(23)15-6-4-14(5-7-15)13-21-10-2-1-3-11-21/h4-7,16H,1-3,8-13H2,(H,19,23)(H,20,22). The lowest BCUT2D eigenvalue weighted by molar-refractivity contribution is -0.120. The topological polar surface area (TPSA) is 61.4 Å². The SMILES string of the molecule is O=C(CNC(=O)c1ccc(CN2CCCCC2)cc1)NC1CC1. The molecule has 23 heavy (non-hydrogen) atoms. The van der Waals surface area contributed by atoms with Gasteiger partial charge in [-0.25, -0.2) is 0 Å². The highest BCUT2D eigenvalue weighted by molar-refractivity contribution is 5.96. The number of piperidine rings is 1. The van der Waals surface area contributed by atoms with Gasteiger partial charge in [-0.1, -0.05) is 18.6 Å². The van der Waals surface area contributed by atoms with Gasteiger partial charge in [-0.05, 0) is 56.5 Å². The number of amides is 2. The van der Waals surface area contributed by atoms with Crippen LogP contribution in [0.5, 0.6) is 0 Å². The van der Waals surface area contributed by atoms with Gasteiger partial charge in [-0.3, -0.25) is 14.5 Å². The number of likely N-dealkylation sites (tertiary alicyclic amines) is 1. The average molecular weight is 315 g/mol. The van der Waals surface area contributed by atoms with Crippen LogP contribution in [0.2, 0.25) is 0 Å². The Labute approximate surface area is 137 Å². The van der Waals surface area contributed by atoms with Crippen molar-refractivity contribution in [2.24, 2.45) is 0 Å². The van der Waals surface area contributed by atoms with E-state index in [0.717, 1.165) is 19.4 Å². The maximum absolute atomic E-state index is 12.1. The summed E-state index contributed by atoms with van der Waals surface area (Å²) in [7, 11) is 0. The molecule has 3 rings (SSSR count). The number of rotatable bonds is 6. The van der Waals surface area contributed by atoms with E-state index in [-0.39, 0.29) is 18.4 Å². The van der Waals surface area contributed by atoms with Crippen LogP contribution in [0.3, 0.4) is 0 Å². The normalized spacial score (nSPS) is 18.4. The predicted octanol–water partition coefficient (Wildman–Crippen LogP) is 1.68. The molecule has 1 saturated carbocycles. The molecule has 2 N–H and O–H groups in total. The minimum Gasteiger partial charge on any atom is -0.352 e. The lowest BCUT2D eigenvalue weighted by atomic mass is 10.1. The smallest absolute Gasteiger partial charge is 0.251 e. The molecular weight excluding hydrogens is 290 g/mol. The Morgan fingerprint density at radius 2 is 1.74 bits per heavy atom. The maximum Gasteiger partial charge on any atom is 0.251 e. The number of nitrogens with one attached hydrogen (secondary N) is 2. The molecule has 124 valence electrons. The van der Waals surface area contributed by atoms with Crippen LogP contribution < -0.4 is 10.6 Å². The largest absolute Gasteiger partial charge is 0.352 e. The van der Waals surface area contributed by atoms with Crippen molar-refractivity contribution >= 4 is 11.8 Å². The second kappa shape index (κ2) is 7.59. The van der Waals surface area contributed by atoms with Crippen LogP contribution >= 0.6 is 0 Å². The summed E-state index contributed by atoms with van der Waals surface area (Å²) in [6.45, 7) is 3.33. The number of hydrogen-bond donors (Lipinski definition) is 2. The Morgan fingerprint density at radius 3 is 2.39 bits per heavy atom. The fourth-order valence-electron chi connectivity index (χ4n) is 2.91. The number of hydrogen-bond acceptors (Lipinski definition) is 3. The first kappa shape index (κ1) is 16.0. The monoisotopic (exact) mass is 315 g/mol. The molecular formula is C18H25N3O2. The summed E-state index contributed by atoms with van der Waals surface area (Å²) in [6.07, 6.45) is 6.01. The molecule has 5 nitrogen and oxygen atoms in total. The molecule has 1 aromatic carbocycles. The second-order valence-corrected chi connectivity index (χ2v) is 6.56. The predicted molar refractivity (Wildman–Crippen MR) is 89.1 cm³/mol.